The van der Waals surface area contributed by atoms with Crippen molar-refractivity contribution >= 4 is 53.5 Å². The van der Waals surface area contributed by atoms with Crippen LogP contribution in [0.3, 0.4) is 0 Å². The van der Waals surface area contributed by atoms with Crippen LogP contribution >= 0.6 is 0 Å². The van der Waals surface area contributed by atoms with Crippen LogP contribution in [0.1, 0.15) is 21.5 Å². The smallest absolute Gasteiger partial charge is 0.446 e. The van der Waals surface area contributed by atoms with Gasteiger partial charge >= 0.3 is 47.6 Å². The molecule has 0 saturated carbocycles. The number of carbonyl (C=O) groups is 2. The maximum Gasteiger partial charge on any atom is 0.446 e. The maximum absolute atomic E-state index is 13.3. The van der Waals surface area contributed by atoms with E-state index in [1.165, 1.54) is 0 Å². The van der Waals surface area contributed by atoms with Gasteiger partial charge in [-0.05, 0) is 41.5 Å². The molecule has 0 aromatic heterocycles. The largest absolute Gasteiger partial charge is 0.480 e. The number of hydrogen-bond donors (Lipinski definition) is 5. The summed E-state index contributed by atoms with van der Waals surface area (Å²) in [5.41, 5.74) is -0.713. The van der Waals surface area contributed by atoms with Gasteiger partial charge in [0.15, 0.2) is 23.0 Å². The summed E-state index contributed by atoms with van der Waals surface area (Å²) in [6.45, 7) is -0.684. The van der Waals surface area contributed by atoms with E-state index in [1.54, 1.807) is 0 Å². The molecule has 1 atom stereocenters. The van der Waals surface area contributed by atoms with Crippen LogP contribution in [0.2, 0.25) is 0 Å². The van der Waals surface area contributed by atoms with Gasteiger partial charge in [-0.15, -0.1) is 0 Å². The second-order valence-electron chi connectivity index (χ2n) is 7.76. The monoisotopic (exact) mass is 665 g/mol. The molecule has 2 aromatic rings. The van der Waals surface area contributed by atoms with E-state index in [2.05, 4.69) is 16.7 Å². The molecule has 24 heteroatoms. The van der Waals surface area contributed by atoms with Crippen molar-refractivity contribution in [3.63, 3.8) is 0 Å². The number of aliphatic carboxylic acids is 1. The summed E-state index contributed by atoms with van der Waals surface area (Å²) in [6, 6.07) is 1.71. The van der Waals surface area contributed by atoms with Crippen molar-refractivity contribution in [3.05, 3.63) is 47.0 Å². The predicted molar refractivity (Wildman–Crippen MR) is 127 cm³/mol. The van der Waals surface area contributed by atoms with E-state index in [4.69, 9.17) is 18.2 Å². The van der Waals surface area contributed by atoms with Crippen LogP contribution in [0, 0.1) is 0 Å². The van der Waals surface area contributed by atoms with E-state index in [0.29, 0.717) is 17.0 Å². The minimum absolute atomic E-state index is 0.0462. The molecule has 226 valence electrons. The molecule has 1 amide bonds. The lowest BCUT2D eigenvalue weighted by atomic mass is 9.92. The molecular weight excluding hydrogens is 650 g/mol. The fraction of sp³-hybridized carbons (Fsp3) is 0.176. The number of nitrogens with zero attached hydrogens (tertiary/aromatic N) is 1. The molecule has 0 aliphatic carbocycles. The molecule has 0 radical (unpaired) electrons. The van der Waals surface area contributed by atoms with Crippen LogP contribution in [-0.2, 0) is 59.4 Å². The van der Waals surface area contributed by atoms with Gasteiger partial charge in [-0.25, -0.2) is 4.79 Å². The number of carbonyl (C=O) groups excluding carboxylic acids is 1. The molecule has 1 aliphatic heterocycles. The Hall–Kier alpha value is -3.78. The minimum atomic E-state index is -5.36. The molecule has 2 aromatic carbocycles. The van der Waals surface area contributed by atoms with Gasteiger partial charge in [0.25, 0.3) is 5.91 Å². The molecular formula is C17H15NO19S4. The Bertz CT molecular complexity index is 1850. The van der Waals surface area contributed by atoms with Crippen molar-refractivity contribution < 1.29 is 83.3 Å². The third-order valence-corrected chi connectivity index (χ3v) is 6.47. The molecule has 0 fully saturated rings. The second-order valence-corrected chi connectivity index (χ2v) is 11.9. The molecule has 1 unspecified atom stereocenters. The average Bonchev–Trinajstić information content (AvgIpc) is 2.75. The Kier molecular flexibility index (Phi) is 8.43. The number of benzene rings is 2. The van der Waals surface area contributed by atoms with Crippen molar-refractivity contribution in [3.8, 4) is 23.0 Å². The lowest BCUT2D eigenvalue weighted by Gasteiger charge is -2.35. The Morgan fingerprint density at radius 1 is 0.659 bits per heavy atom. The first-order valence-electron chi connectivity index (χ1n) is 10.0. The van der Waals surface area contributed by atoms with Crippen molar-refractivity contribution in [1.29, 1.82) is 0 Å². The summed E-state index contributed by atoms with van der Waals surface area (Å²) in [4.78, 5) is 25.9. The summed E-state index contributed by atoms with van der Waals surface area (Å²) in [5, 5.41) is 9.72. The Balaban J connectivity index is 2.10. The first kappa shape index (κ1) is 31.7. The summed E-state index contributed by atoms with van der Waals surface area (Å²) >= 11 is 0. The molecule has 5 N–H and O–H groups in total. The fourth-order valence-electron chi connectivity index (χ4n) is 3.55. The highest BCUT2D eigenvalue weighted by Gasteiger charge is 2.37. The molecule has 41 heavy (non-hydrogen) atoms. The van der Waals surface area contributed by atoms with Crippen molar-refractivity contribution in [2.75, 3.05) is 0 Å². The van der Waals surface area contributed by atoms with Crippen LogP contribution in [0.5, 0.6) is 23.0 Å². The number of fused-ring (bicyclic) bond motifs is 1. The van der Waals surface area contributed by atoms with Gasteiger partial charge in [-0.3, -0.25) is 23.0 Å². The van der Waals surface area contributed by atoms with Crippen LogP contribution in [0.25, 0.3) is 0 Å². The normalized spacial score (nSPS) is 15.9. The number of carboxylic acids is 1. The average molecular weight is 666 g/mol. The maximum atomic E-state index is 13.3. The topological polar surface area (TPSA) is 312 Å². The van der Waals surface area contributed by atoms with Gasteiger partial charge in [0.1, 0.15) is 6.04 Å². The van der Waals surface area contributed by atoms with Gasteiger partial charge in [0.05, 0.1) is 0 Å². The first-order valence-corrected chi connectivity index (χ1v) is 15.5. The molecule has 0 spiro atoms. The van der Waals surface area contributed by atoms with E-state index in [1.807, 2.05) is 0 Å². The zero-order valence-electron chi connectivity index (χ0n) is 19.4. The second kappa shape index (κ2) is 10.9. The number of hydrogen-bond acceptors (Lipinski definition) is 14. The van der Waals surface area contributed by atoms with E-state index < -0.39 is 101 Å². The standard InChI is InChI=1S/C17H15NO19S4/c19-16(8-1-2-12(34-38(22,23)24)13(4-8)35-39(25,26)27)18-7-10-6-15(37-41(31,32)33)14(36-40(28,29)30)5-9(10)3-11(18)17(20)21/h1-2,4-6,11H,3,7H2,(H,20,21)(H,22,23,24)(H,25,26,27)(H,28,29,30)(H,31,32,33). The fourth-order valence-corrected chi connectivity index (χ4v) is 4.99. The highest BCUT2D eigenvalue weighted by Crippen LogP contribution is 2.38. The lowest BCUT2D eigenvalue weighted by Crippen LogP contribution is -2.48. The number of rotatable bonds is 10. The van der Waals surface area contributed by atoms with Crippen molar-refractivity contribution in [1.82, 2.24) is 4.90 Å². The third kappa shape index (κ3) is 8.85. The van der Waals surface area contributed by atoms with Gasteiger partial charge in [0.2, 0.25) is 0 Å². The molecule has 20 nitrogen and oxygen atoms in total. The zero-order chi connectivity index (χ0) is 31.1. The summed E-state index contributed by atoms with van der Waals surface area (Å²) in [5.74, 6) is -6.94. The SMILES string of the molecule is O=C(O)C1Cc2cc(OS(=O)(=O)O)c(OS(=O)(=O)O)cc2CN1C(=O)c1ccc(OS(=O)(=O)O)c(OS(=O)(=O)O)c1. The van der Waals surface area contributed by atoms with Gasteiger partial charge in [0, 0.05) is 18.5 Å². The molecule has 1 heterocycles. The zero-order valence-corrected chi connectivity index (χ0v) is 22.7. The molecule has 0 saturated heterocycles. The quantitative estimate of drug-likeness (QED) is 0.191. The Morgan fingerprint density at radius 2 is 1.07 bits per heavy atom. The third-order valence-electron chi connectivity index (χ3n) is 4.91. The highest BCUT2D eigenvalue weighted by molar-refractivity contribution is 7.82. The Labute approximate surface area is 230 Å². The van der Waals surface area contributed by atoms with Gasteiger partial charge in [-0.2, -0.15) is 33.7 Å². The van der Waals surface area contributed by atoms with E-state index in [0.717, 1.165) is 18.2 Å². The van der Waals surface area contributed by atoms with Gasteiger partial charge in [-0.1, -0.05) is 0 Å². The molecule has 3 rings (SSSR count). The molecule has 0 bridgehead atoms. The van der Waals surface area contributed by atoms with Crippen molar-refractivity contribution in [2.24, 2.45) is 0 Å². The minimum Gasteiger partial charge on any atom is -0.480 e. The van der Waals surface area contributed by atoms with Crippen LogP contribution in [-0.4, -0.2) is 79.8 Å². The van der Waals surface area contributed by atoms with Crippen LogP contribution in [0.4, 0.5) is 0 Å². The van der Waals surface area contributed by atoms with E-state index >= 15 is 0 Å². The van der Waals surface area contributed by atoms with E-state index in [-0.39, 0.29) is 11.1 Å². The number of amides is 1. The molecule has 1 aliphatic rings. The Morgan fingerprint density at radius 3 is 1.51 bits per heavy atom. The first-order chi connectivity index (χ1) is 18.5. The van der Waals surface area contributed by atoms with Crippen molar-refractivity contribution in [2.45, 2.75) is 19.0 Å². The predicted octanol–water partition coefficient (Wildman–Crippen LogP) is -0.935. The van der Waals surface area contributed by atoms with E-state index in [9.17, 15) is 48.4 Å². The summed E-state index contributed by atoms with van der Waals surface area (Å²) in [6.07, 6.45) is -0.595. The highest BCUT2D eigenvalue weighted by atomic mass is 32.3. The van der Waals surface area contributed by atoms with Gasteiger partial charge < -0.3 is 26.7 Å². The van der Waals surface area contributed by atoms with Crippen LogP contribution in [0.15, 0.2) is 30.3 Å². The number of carboxylic acid groups (broad SMARTS) is 1. The lowest BCUT2D eigenvalue weighted by molar-refractivity contribution is -0.142. The summed E-state index contributed by atoms with van der Waals surface area (Å²) in [7, 11) is -21.2. The summed E-state index contributed by atoms with van der Waals surface area (Å²) < 4.78 is 142. The van der Waals surface area contributed by atoms with Crippen LogP contribution < -0.4 is 16.7 Å².